The van der Waals surface area contributed by atoms with E-state index in [4.69, 9.17) is 11.6 Å². The molecule has 0 aliphatic heterocycles. The molecule has 3 aromatic rings. The van der Waals surface area contributed by atoms with E-state index in [1.165, 1.54) is 18.6 Å². The first-order chi connectivity index (χ1) is 14.9. The van der Waals surface area contributed by atoms with Crippen molar-refractivity contribution in [1.82, 2.24) is 15.0 Å². The van der Waals surface area contributed by atoms with E-state index in [0.29, 0.717) is 11.6 Å². The number of hydrogen-bond acceptors (Lipinski definition) is 5. The van der Waals surface area contributed by atoms with Crippen LogP contribution in [0.4, 0.5) is 30.6 Å². The number of aromatic nitrogens is 3. The summed E-state index contributed by atoms with van der Waals surface area (Å²) in [6.07, 6.45) is 4.18. The van der Waals surface area contributed by atoms with Crippen molar-refractivity contribution in [3.8, 4) is 11.3 Å². The van der Waals surface area contributed by atoms with Gasteiger partial charge in [0.2, 0.25) is 5.95 Å². The van der Waals surface area contributed by atoms with E-state index in [1.54, 1.807) is 30.6 Å². The summed E-state index contributed by atoms with van der Waals surface area (Å²) in [5, 5.41) is 6.08. The molecule has 1 fully saturated rings. The van der Waals surface area contributed by atoms with Crippen molar-refractivity contribution >= 4 is 29.1 Å². The van der Waals surface area contributed by atoms with E-state index in [9.17, 15) is 13.2 Å². The van der Waals surface area contributed by atoms with Gasteiger partial charge in [-0.3, -0.25) is 4.98 Å². The molecule has 0 radical (unpaired) electrons. The molecule has 1 aromatic carbocycles. The third-order valence-electron chi connectivity index (χ3n) is 5.21. The van der Waals surface area contributed by atoms with Crippen LogP contribution in [0, 0.1) is 0 Å². The molecule has 0 saturated heterocycles. The SMILES string of the molecule is FC(F)(F)c1cccc(Cl)c1Nc1cc(-c2ccncc2)nc(NC2CCCCC2)n1. The van der Waals surface area contributed by atoms with Gasteiger partial charge in [-0.15, -0.1) is 0 Å². The molecule has 1 aliphatic carbocycles. The lowest BCUT2D eigenvalue weighted by molar-refractivity contribution is -0.136. The van der Waals surface area contributed by atoms with Gasteiger partial charge in [0.25, 0.3) is 0 Å². The smallest absolute Gasteiger partial charge is 0.351 e. The van der Waals surface area contributed by atoms with Gasteiger partial charge in [0, 0.05) is 30.1 Å². The van der Waals surface area contributed by atoms with Gasteiger partial charge >= 0.3 is 6.18 Å². The second kappa shape index (κ2) is 9.09. The molecule has 2 N–H and O–H groups in total. The van der Waals surface area contributed by atoms with Crippen molar-refractivity contribution in [1.29, 1.82) is 0 Å². The van der Waals surface area contributed by atoms with Gasteiger partial charge in [-0.1, -0.05) is 36.9 Å². The Morgan fingerprint density at radius 2 is 1.71 bits per heavy atom. The molecule has 0 spiro atoms. The van der Waals surface area contributed by atoms with Crippen LogP contribution in [0.25, 0.3) is 11.3 Å². The second-order valence-corrected chi connectivity index (χ2v) is 7.87. The lowest BCUT2D eigenvalue weighted by atomic mass is 9.96. The van der Waals surface area contributed by atoms with Crippen LogP contribution in [0.15, 0.2) is 48.8 Å². The summed E-state index contributed by atoms with van der Waals surface area (Å²) in [5.74, 6) is 0.586. The zero-order valence-electron chi connectivity index (χ0n) is 16.6. The summed E-state index contributed by atoms with van der Waals surface area (Å²) in [5.41, 5.74) is 0.256. The van der Waals surface area contributed by atoms with Crippen molar-refractivity contribution in [3.63, 3.8) is 0 Å². The number of nitrogens with zero attached hydrogens (tertiary/aromatic N) is 3. The summed E-state index contributed by atoms with van der Waals surface area (Å²) in [7, 11) is 0. The van der Waals surface area contributed by atoms with Crippen molar-refractivity contribution in [2.45, 2.75) is 44.3 Å². The maximum Gasteiger partial charge on any atom is 0.418 e. The Kier molecular flexibility index (Phi) is 6.27. The number of nitrogens with one attached hydrogen (secondary N) is 2. The molecule has 1 saturated carbocycles. The summed E-state index contributed by atoms with van der Waals surface area (Å²) in [4.78, 5) is 13.0. The summed E-state index contributed by atoms with van der Waals surface area (Å²) in [6, 6.07) is 9.08. The maximum atomic E-state index is 13.5. The van der Waals surface area contributed by atoms with Crippen molar-refractivity contribution in [3.05, 3.63) is 59.4 Å². The predicted molar refractivity (Wildman–Crippen MR) is 115 cm³/mol. The van der Waals surface area contributed by atoms with Crippen LogP contribution < -0.4 is 10.6 Å². The quantitative estimate of drug-likeness (QED) is 0.455. The molecule has 0 bridgehead atoms. The summed E-state index contributed by atoms with van der Waals surface area (Å²) in [6.45, 7) is 0. The zero-order valence-corrected chi connectivity index (χ0v) is 17.3. The highest BCUT2D eigenvalue weighted by atomic mass is 35.5. The first-order valence-corrected chi connectivity index (χ1v) is 10.5. The average molecular weight is 448 g/mol. The fraction of sp³-hybridized carbons (Fsp3) is 0.318. The molecular weight excluding hydrogens is 427 g/mol. The standard InChI is InChI=1S/C22H21ClF3N5/c23-17-8-4-7-16(22(24,25)26)20(17)30-19-13-18(14-9-11-27-12-10-14)29-21(31-19)28-15-5-2-1-3-6-15/h4,7-13,15H,1-3,5-6H2,(H2,28,29,30,31). The zero-order chi connectivity index (χ0) is 21.8. The van der Waals surface area contributed by atoms with Gasteiger partial charge in [-0.25, -0.2) is 4.98 Å². The minimum atomic E-state index is -4.56. The van der Waals surface area contributed by atoms with E-state index in [0.717, 1.165) is 37.3 Å². The third kappa shape index (κ3) is 5.25. The second-order valence-electron chi connectivity index (χ2n) is 7.46. The van der Waals surface area contributed by atoms with Crippen LogP contribution in [-0.2, 0) is 6.18 Å². The molecule has 2 heterocycles. The van der Waals surface area contributed by atoms with E-state index < -0.39 is 11.7 Å². The Morgan fingerprint density at radius 1 is 0.968 bits per heavy atom. The molecule has 5 nitrogen and oxygen atoms in total. The van der Waals surface area contributed by atoms with Crippen LogP contribution >= 0.6 is 11.6 Å². The van der Waals surface area contributed by atoms with Crippen LogP contribution in [0.2, 0.25) is 5.02 Å². The molecule has 0 unspecified atom stereocenters. The van der Waals surface area contributed by atoms with E-state index >= 15 is 0 Å². The molecule has 1 aliphatic rings. The Morgan fingerprint density at radius 3 is 2.42 bits per heavy atom. The van der Waals surface area contributed by atoms with E-state index in [2.05, 4.69) is 25.6 Å². The highest BCUT2D eigenvalue weighted by Crippen LogP contribution is 2.40. The van der Waals surface area contributed by atoms with Gasteiger partial charge in [-0.05, 0) is 37.1 Å². The highest BCUT2D eigenvalue weighted by molar-refractivity contribution is 6.33. The number of hydrogen-bond donors (Lipinski definition) is 2. The van der Waals surface area contributed by atoms with Crippen LogP contribution in [-0.4, -0.2) is 21.0 Å². The molecular formula is C22H21ClF3N5. The predicted octanol–water partition coefficient (Wildman–Crippen LogP) is 6.70. The highest BCUT2D eigenvalue weighted by Gasteiger charge is 2.34. The molecule has 0 amide bonds. The molecule has 31 heavy (non-hydrogen) atoms. The topological polar surface area (TPSA) is 62.7 Å². The summed E-state index contributed by atoms with van der Waals surface area (Å²) >= 11 is 6.11. The van der Waals surface area contributed by atoms with Crippen molar-refractivity contribution < 1.29 is 13.2 Å². The maximum absolute atomic E-state index is 13.5. The first-order valence-electron chi connectivity index (χ1n) is 10.1. The van der Waals surface area contributed by atoms with Gasteiger partial charge in [-0.2, -0.15) is 18.2 Å². The molecule has 162 valence electrons. The van der Waals surface area contributed by atoms with Gasteiger partial charge < -0.3 is 10.6 Å². The number of anilines is 3. The Bertz CT molecular complexity index is 1040. The van der Waals surface area contributed by atoms with Crippen molar-refractivity contribution in [2.75, 3.05) is 10.6 Å². The van der Waals surface area contributed by atoms with E-state index in [1.807, 2.05) is 0 Å². The Balaban J connectivity index is 1.73. The fourth-order valence-corrected chi connectivity index (χ4v) is 3.91. The first kappa shape index (κ1) is 21.4. The number of pyridine rings is 1. The Labute approximate surface area is 183 Å². The number of halogens is 4. The third-order valence-corrected chi connectivity index (χ3v) is 5.53. The minimum Gasteiger partial charge on any atom is -0.351 e. The number of rotatable bonds is 5. The molecule has 4 rings (SSSR count). The van der Waals surface area contributed by atoms with Crippen molar-refractivity contribution in [2.24, 2.45) is 0 Å². The summed E-state index contributed by atoms with van der Waals surface area (Å²) < 4.78 is 40.5. The molecule has 9 heteroatoms. The lowest BCUT2D eigenvalue weighted by Crippen LogP contribution is -2.23. The average Bonchev–Trinajstić information content (AvgIpc) is 2.75. The van der Waals surface area contributed by atoms with E-state index in [-0.39, 0.29) is 22.6 Å². The fourth-order valence-electron chi connectivity index (χ4n) is 3.69. The Hall–Kier alpha value is -2.87. The van der Waals surface area contributed by atoms with Crippen LogP contribution in [0.1, 0.15) is 37.7 Å². The van der Waals surface area contributed by atoms with Crippen LogP contribution in [0.5, 0.6) is 0 Å². The van der Waals surface area contributed by atoms with Gasteiger partial charge in [0.1, 0.15) is 5.82 Å². The number of alkyl halides is 3. The molecule has 2 aromatic heterocycles. The number of benzene rings is 1. The molecule has 0 atom stereocenters. The normalized spacial score (nSPS) is 15.0. The minimum absolute atomic E-state index is 0.0410. The van der Waals surface area contributed by atoms with Crippen LogP contribution in [0.3, 0.4) is 0 Å². The van der Waals surface area contributed by atoms with Gasteiger partial charge in [0.05, 0.1) is 22.0 Å². The monoisotopic (exact) mass is 447 g/mol. The largest absolute Gasteiger partial charge is 0.418 e. The van der Waals surface area contributed by atoms with Gasteiger partial charge in [0.15, 0.2) is 0 Å². The lowest BCUT2D eigenvalue weighted by Gasteiger charge is -2.23. The number of para-hydroxylation sites is 1.